The van der Waals surface area contributed by atoms with Crippen LogP contribution in [0.4, 0.5) is 0 Å². The minimum atomic E-state index is 0.314. The van der Waals surface area contributed by atoms with E-state index in [0.29, 0.717) is 12.3 Å². The lowest BCUT2D eigenvalue weighted by atomic mass is 10.2. The number of rotatable bonds is 2. The maximum Gasteiger partial charge on any atom is 0.222 e. The first-order valence-corrected chi connectivity index (χ1v) is 6.06. The number of hydrogen-bond donors (Lipinski definition) is 1. The second kappa shape index (κ2) is 8.72. The van der Waals surface area contributed by atoms with Crippen molar-refractivity contribution in [2.24, 2.45) is 5.92 Å². The highest BCUT2D eigenvalue weighted by Crippen LogP contribution is 1.98. The van der Waals surface area contributed by atoms with E-state index in [1.54, 1.807) is 0 Å². The average Bonchev–Trinajstić information content (AvgIpc) is 2.19. The Bertz CT molecular complexity index is 160. The average molecular weight is 214 g/mol. The van der Waals surface area contributed by atoms with Crippen molar-refractivity contribution in [3.63, 3.8) is 0 Å². The molecule has 90 valence electrons. The Kier molecular flexibility index (Phi) is 8.38. The zero-order valence-electron chi connectivity index (χ0n) is 10.7. The molecule has 1 amide bonds. The Morgan fingerprint density at radius 2 is 1.73 bits per heavy atom. The molecule has 0 aliphatic carbocycles. The van der Waals surface area contributed by atoms with Crippen LogP contribution in [0.1, 0.15) is 40.5 Å². The van der Waals surface area contributed by atoms with E-state index in [9.17, 15) is 4.79 Å². The highest BCUT2D eigenvalue weighted by atomic mass is 16.2. The topological polar surface area (TPSA) is 32.3 Å². The lowest BCUT2D eigenvalue weighted by molar-refractivity contribution is -0.131. The predicted molar refractivity (Wildman–Crippen MR) is 64.9 cm³/mol. The summed E-state index contributed by atoms with van der Waals surface area (Å²) in [6.45, 7) is 12.2. The number of nitrogens with one attached hydrogen (secondary N) is 1. The van der Waals surface area contributed by atoms with Gasteiger partial charge >= 0.3 is 0 Å². The molecule has 1 N–H and O–H groups in total. The first-order valence-electron chi connectivity index (χ1n) is 6.06. The molecule has 0 radical (unpaired) electrons. The van der Waals surface area contributed by atoms with Crippen molar-refractivity contribution in [1.82, 2.24) is 10.2 Å². The molecule has 3 heteroatoms. The van der Waals surface area contributed by atoms with Gasteiger partial charge in [0, 0.05) is 32.6 Å². The zero-order chi connectivity index (χ0) is 11.7. The van der Waals surface area contributed by atoms with Crippen LogP contribution < -0.4 is 5.32 Å². The second-order valence-electron chi connectivity index (χ2n) is 4.61. The van der Waals surface area contributed by atoms with Gasteiger partial charge in [0.15, 0.2) is 0 Å². The first-order chi connectivity index (χ1) is 7.07. The van der Waals surface area contributed by atoms with Crippen molar-refractivity contribution < 1.29 is 4.79 Å². The maximum atomic E-state index is 11.3. The van der Waals surface area contributed by atoms with E-state index >= 15 is 0 Å². The monoisotopic (exact) mass is 214 g/mol. The number of nitrogens with zero attached hydrogens (tertiary/aromatic N) is 1. The van der Waals surface area contributed by atoms with E-state index in [4.69, 9.17) is 0 Å². The molecule has 1 heterocycles. The normalized spacial score (nSPS) is 15.9. The summed E-state index contributed by atoms with van der Waals surface area (Å²) in [5.41, 5.74) is 0. The molecule has 0 aromatic carbocycles. The maximum absolute atomic E-state index is 11.3. The van der Waals surface area contributed by atoms with Gasteiger partial charge < -0.3 is 10.2 Å². The summed E-state index contributed by atoms with van der Waals surface area (Å²) in [5.74, 6) is 1.15. The largest absolute Gasteiger partial charge is 0.340 e. The molecule has 0 aromatic rings. The Hall–Kier alpha value is -0.570. The third-order valence-electron chi connectivity index (χ3n) is 1.93. The van der Waals surface area contributed by atoms with Gasteiger partial charge in [0.2, 0.25) is 5.91 Å². The van der Waals surface area contributed by atoms with E-state index in [-0.39, 0.29) is 0 Å². The van der Waals surface area contributed by atoms with Crippen LogP contribution in [-0.4, -0.2) is 37.0 Å². The minimum absolute atomic E-state index is 0.314. The second-order valence-corrected chi connectivity index (χ2v) is 4.61. The lowest BCUT2D eigenvalue weighted by Crippen LogP contribution is -2.46. The van der Waals surface area contributed by atoms with Gasteiger partial charge in [-0.1, -0.05) is 27.7 Å². The number of hydrogen-bond acceptors (Lipinski definition) is 2. The van der Waals surface area contributed by atoms with Crippen LogP contribution in [-0.2, 0) is 4.79 Å². The number of carbonyl (C=O) groups is 1. The van der Waals surface area contributed by atoms with Gasteiger partial charge in [-0.2, -0.15) is 0 Å². The fourth-order valence-corrected chi connectivity index (χ4v) is 1.29. The molecule has 15 heavy (non-hydrogen) atoms. The van der Waals surface area contributed by atoms with Crippen LogP contribution >= 0.6 is 0 Å². The molecule has 1 saturated heterocycles. The first kappa shape index (κ1) is 14.4. The molecule has 0 spiro atoms. The molecule has 0 atom stereocenters. The Balaban J connectivity index is 0.000000423. The minimum Gasteiger partial charge on any atom is -0.340 e. The summed E-state index contributed by atoms with van der Waals surface area (Å²) in [6, 6.07) is 0. The van der Waals surface area contributed by atoms with Crippen molar-refractivity contribution in [3.8, 4) is 0 Å². The molecule has 1 aliphatic rings. The summed E-state index contributed by atoms with van der Waals surface area (Å²) < 4.78 is 0. The summed E-state index contributed by atoms with van der Waals surface area (Å²) in [6.07, 6.45) is 1.67. The standard InChI is InChI=1S/C8H16N2O.C4H10/c1-2-3-8(11)10-6-4-9-5-7-10;1-4(2)3/h9H,2-7H2,1H3;4H,1-3H3. The molecule has 1 aliphatic heterocycles. The SMILES string of the molecule is CC(C)C.CCCC(=O)N1CCNCC1. The van der Waals surface area contributed by atoms with Gasteiger partial charge in [-0.15, -0.1) is 0 Å². The third-order valence-corrected chi connectivity index (χ3v) is 1.93. The summed E-state index contributed by atoms with van der Waals surface area (Å²) >= 11 is 0. The van der Waals surface area contributed by atoms with E-state index in [0.717, 1.165) is 38.5 Å². The van der Waals surface area contributed by atoms with Crippen LogP contribution in [0.15, 0.2) is 0 Å². The lowest BCUT2D eigenvalue weighted by Gasteiger charge is -2.27. The smallest absolute Gasteiger partial charge is 0.222 e. The van der Waals surface area contributed by atoms with Gasteiger partial charge in [0.1, 0.15) is 0 Å². The van der Waals surface area contributed by atoms with Crippen molar-refractivity contribution in [2.45, 2.75) is 40.5 Å². The van der Waals surface area contributed by atoms with Crippen molar-refractivity contribution >= 4 is 5.91 Å². The van der Waals surface area contributed by atoms with Gasteiger partial charge in [0.05, 0.1) is 0 Å². The number of amides is 1. The molecule has 0 aromatic heterocycles. The van der Waals surface area contributed by atoms with Crippen LogP contribution in [0.5, 0.6) is 0 Å². The Morgan fingerprint density at radius 1 is 1.27 bits per heavy atom. The summed E-state index contributed by atoms with van der Waals surface area (Å²) in [7, 11) is 0. The molecule has 1 fully saturated rings. The van der Waals surface area contributed by atoms with Crippen LogP contribution in [0.2, 0.25) is 0 Å². The number of piperazine rings is 1. The van der Waals surface area contributed by atoms with Crippen LogP contribution in [0.25, 0.3) is 0 Å². The highest BCUT2D eigenvalue weighted by molar-refractivity contribution is 5.76. The fourth-order valence-electron chi connectivity index (χ4n) is 1.29. The molecule has 0 bridgehead atoms. The quantitative estimate of drug-likeness (QED) is 0.761. The predicted octanol–water partition coefficient (Wildman–Crippen LogP) is 1.88. The Labute approximate surface area is 94.2 Å². The van der Waals surface area contributed by atoms with E-state index in [2.05, 4.69) is 26.1 Å². The molecular weight excluding hydrogens is 188 g/mol. The van der Waals surface area contributed by atoms with Crippen molar-refractivity contribution in [2.75, 3.05) is 26.2 Å². The third kappa shape index (κ3) is 8.43. The summed E-state index contributed by atoms with van der Waals surface area (Å²) in [5, 5.41) is 3.22. The van der Waals surface area contributed by atoms with Crippen LogP contribution in [0, 0.1) is 5.92 Å². The fraction of sp³-hybridized carbons (Fsp3) is 0.917. The van der Waals surface area contributed by atoms with E-state index in [1.807, 2.05) is 11.8 Å². The molecule has 0 unspecified atom stereocenters. The summed E-state index contributed by atoms with van der Waals surface area (Å²) in [4.78, 5) is 13.2. The van der Waals surface area contributed by atoms with Gasteiger partial charge in [0.25, 0.3) is 0 Å². The number of carbonyl (C=O) groups excluding carboxylic acids is 1. The van der Waals surface area contributed by atoms with Gasteiger partial charge in [-0.3, -0.25) is 4.79 Å². The van der Waals surface area contributed by atoms with E-state index in [1.165, 1.54) is 0 Å². The molecule has 0 saturated carbocycles. The molecular formula is C12H26N2O. The van der Waals surface area contributed by atoms with Crippen LogP contribution in [0.3, 0.4) is 0 Å². The Morgan fingerprint density at radius 3 is 2.13 bits per heavy atom. The van der Waals surface area contributed by atoms with Gasteiger partial charge in [-0.05, 0) is 12.3 Å². The molecule has 1 rings (SSSR count). The van der Waals surface area contributed by atoms with Crippen molar-refractivity contribution in [3.05, 3.63) is 0 Å². The van der Waals surface area contributed by atoms with Gasteiger partial charge in [-0.25, -0.2) is 0 Å². The highest BCUT2D eigenvalue weighted by Gasteiger charge is 2.14. The van der Waals surface area contributed by atoms with E-state index < -0.39 is 0 Å². The van der Waals surface area contributed by atoms with Crippen molar-refractivity contribution in [1.29, 1.82) is 0 Å². The molecule has 3 nitrogen and oxygen atoms in total. The zero-order valence-corrected chi connectivity index (χ0v) is 10.7.